The normalized spacial score (nSPS) is 12.6. The second kappa shape index (κ2) is 15.1. The molecule has 1 aromatic heterocycles. The summed E-state index contributed by atoms with van der Waals surface area (Å²) in [7, 11) is 0. The first-order valence-corrected chi connectivity index (χ1v) is 21.8. The maximum absolute atomic E-state index is 2.45. The zero-order valence-electron chi connectivity index (χ0n) is 34.6. The third-order valence-corrected chi connectivity index (χ3v) is 13.1. The summed E-state index contributed by atoms with van der Waals surface area (Å²) < 4.78 is 2.39. The van der Waals surface area contributed by atoms with Gasteiger partial charge in [0.2, 0.25) is 0 Å². The van der Waals surface area contributed by atoms with Crippen LogP contribution in [0.2, 0.25) is 0 Å². The number of benzene rings is 10. The van der Waals surface area contributed by atoms with E-state index in [1.54, 1.807) is 0 Å². The first kappa shape index (κ1) is 36.6. The predicted molar refractivity (Wildman–Crippen MR) is 264 cm³/mol. The molecule has 0 amide bonds. The van der Waals surface area contributed by atoms with Gasteiger partial charge < -0.3 is 9.47 Å². The summed E-state index contributed by atoms with van der Waals surface area (Å²) in [6.45, 7) is 0. The molecular weight excluding hydrogens is 761 g/mol. The van der Waals surface area contributed by atoms with Gasteiger partial charge in [0.15, 0.2) is 0 Å². The van der Waals surface area contributed by atoms with Crippen LogP contribution >= 0.6 is 0 Å². The molecule has 0 fully saturated rings. The Hall–Kier alpha value is -8.20. The smallest absolute Gasteiger partial charge is 0.0713 e. The second-order valence-corrected chi connectivity index (χ2v) is 16.5. The molecule has 63 heavy (non-hydrogen) atoms. The molecule has 0 unspecified atom stereocenters. The molecule has 2 heteroatoms. The minimum atomic E-state index is -0.493. The number of fused-ring (bicyclic) bond motifs is 6. The van der Waals surface area contributed by atoms with Crippen LogP contribution in [0, 0.1) is 0 Å². The fourth-order valence-corrected chi connectivity index (χ4v) is 10.3. The molecule has 11 aromatic rings. The lowest BCUT2D eigenvalue weighted by molar-refractivity contribution is 0.768. The van der Waals surface area contributed by atoms with E-state index < -0.39 is 5.41 Å². The van der Waals surface area contributed by atoms with E-state index in [-0.39, 0.29) is 0 Å². The molecule has 0 saturated carbocycles. The summed E-state index contributed by atoms with van der Waals surface area (Å²) >= 11 is 0. The maximum Gasteiger partial charge on any atom is 0.0713 e. The van der Waals surface area contributed by atoms with Crippen molar-refractivity contribution < 1.29 is 0 Å². The quantitative estimate of drug-likeness (QED) is 0.149. The summed E-state index contributed by atoms with van der Waals surface area (Å²) in [6, 6.07) is 93.2. The van der Waals surface area contributed by atoms with Crippen molar-refractivity contribution in [2.45, 2.75) is 5.41 Å². The summed E-state index contributed by atoms with van der Waals surface area (Å²) in [5, 5.41) is 2.50. The minimum Gasteiger partial charge on any atom is -0.311 e. The van der Waals surface area contributed by atoms with E-state index in [1.165, 1.54) is 83.1 Å². The summed E-state index contributed by atoms with van der Waals surface area (Å²) in [5.74, 6) is 0. The molecule has 0 bridgehead atoms. The van der Waals surface area contributed by atoms with Crippen molar-refractivity contribution in [1.29, 1.82) is 0 Å². The van der Waals surface area contributed by atoms with Crippen molar-refractivity contribution >= 4 is 38.9 Å². The Bertz CT molecular complexity index is 3330. The van der Waals surface area contributed by atoms with Gasteiger partial charge in [-0.3, -0.25) is 0 Å². The first-order valence-electron chi connectivity index (χ1n) is 21.8. The predicted octanol–water partition coefficient (Wildman–Crippen LogP) is 16.0. The zero-order chi connectivity index (χ0) is 41.7. The highest BCUT2D eigenvalue weighted by Gasteiger charge is 2.46. The molecule has 0 spiro atoms. The summed E-state index contributed by atoms with van der Waals surface area (Å²) in [5.41, 5.74) is 18.9. The van der Waals surface area contributed by atoms with Gasteiger partial charge in [0.1, 0.15) is 0 Å². The van der Waals surface area contributed by atoms with Crippen LogP contribution in [0.15, 0.2) is 255 Å². The Labute approximate surface area is 368 Å². The van der Waals surface area contributed by atoms with Gasteiger partial charge in [-0.1, -0.05) is 176 Å². The van der Waals surface area contributed by atoms with Crippen LogP contribution in [-0.2, 0) is 5.41 Å². The highest BCUT2D eigenvalue weighted by molar-refractivity contribution is 6.10. The van der Waals surface area contributed by atoms with Gasteiger partial charge in [-0.25, -0.2) is 0 Å². The lowest BCUT2D eigenvalue weighted by atomic mass is 9.67. The van der Waals surface area contributed by atoms with Crippen LogP contribution in [0.3, 0.4) is 0 Å². The van der Waals surface area contributed by atoms with Crippen molar-refractivity contribution in [3.8, 4) is 39.1 Å². The monoisotopic (exact) mass is 802 g/mol. The van der Waals surface area contributed by atoms with Gasteiger partial charge in [-0.05, 0) is 134 Å². The van der Waals surface area contributed by atoms with Gasteiger partial charge in [-0.15, -0.1) is 0 Å². The van der Waals surface area contributed by atoms with Crippen molar-refractivity contribution in [3.63, 3.8) is 0 Å². The van der Waals surface area contributed by atoms with E-state index in [0.29, 0.717) is 0 Å². The molecule has 1 aliphatic rings. The van der Waals surface area contributed by atoms with E-state index in [9.17, 15) is 0 Å². The van der Waals surface area contributed by atoms with Crippen LogP contribution in [-0.4, -0.2) is 4.57 Å². The van der Waals surface area contributed by atoms with Gasteiger partial charge in [0.05, 0.1) is 16.4 Å². The molecule has 10 aromatic carbocycles. The van der Waals surface area contributed by atoms with E-state index in [0.717, 1.165) is 17.1 Å². The van der Waals surface area contributed by atoms with Gasteiger partial charge >= 0.3 is 0 Å². The molecule has 0 radical (unpaired) electrons. The number of aromatic nitrogens is 1. The highest BCUT2D eigenvalue weighted by Crippen LogP contribution is 2.57. The Balaban J connectivity index is 1.03. The first-order chi connectivity index (χ1) is 31.3. The topological polar surface area (TPSA) is 8.17 Å². The van der Waals surface area contributed by atoms with Crippen molar-refractivity contribution in [1.82, 2.24) is 4.57 Å². The van der Waals surface area contributed by atoms with E-state index in [2.05, 4.69) is 264 Å². The lowest BCUT2D eigenvalue weighted by Gasteiger charge is -2.34. The van der Waals surface area contributed by atoms with E-state index in [1.807, 2.05) is 0 Å². The largest absolute Gasteiger partial charge is 0.311 e. The average Bonchev–Trinajstić information content (AvgIpc) is 3.85. The number of hydrogen-bond acceptors (Lipinski definition) is 1. The second-order valence-electron chi connectivity index (χ2n) is 16.5. The molecule has 2 nitrogen and oxygen atoms in total. The maximum atomic E-state index is 2.45. The van der Waals surface area contributed by atoms with Crippen LogP contribution in [0.4, 0.5) is 17.1 Å². The van der Waals surface area contributed by atoms with E-state index in [4.69, 9.17) is 0 Å². The zero-order valence-corrected chi connectivity index (χ0v) is 34.6. The molecule has 1 heterocycles. The Morgan fingerprint density at radius 2 is 0.714 bits per heavy atom. The number of anilines is 3. The Morgan fingerprint density at radius 1 is 0.302 bits per heavy atom. The van der Waals surface area contributed by atoms with Crippen molar-refractivity contribution in [2.24, 2.45) is 0 Å². The number of para-hydroxylation sites is 4. The summed E-state index contributed by atoms with van der Waals surface area (Å²) in [4.78, 5) is 2.31. The molecule has 0 N–H and O–H groups in total. The molecule has 12 rings (SSSR count). The molecule has 0 saturated heterocycles. The molecule has 1 aliphatic carbocycles. The highest BCUT2D eigenvalue weighted by atomic mass is 15.1. The summed E-state index contributed by atoms with van der Waals surface area (Å²) in [6.07, 6.45) is 0. The van der Waals surface area contributed by atoms with Crippen LogP contribution in [0.1, 0.15) is 22.3 Å². The standard InChI is InChI=1S/C61H42N2/c1-6-18-47(19-7-1)61(48-20-8-2-9-21-48)57-37-32-44(43-30-35-52(36-31-43)62(49-22-10-3-11-23-49)50-24-12-4-13-25-50)40-54(57)55-41-45(33-38-58(55)61)46-34-39-60-56(42-46)53-28-16-17-29-59(53)63(60)51-26-14-5-15-27-51/h1-42H. The van der Waals surface area contributed by atoms with Crippen molar-refractivity contribution in [3.05, 3.63) is 277 Å². The molecule has 0 aliphatic heterocycles. The molecule has 296 valence electrons. The number of rotatable bonds is 8. The molecule has 0 atom stereocenters. The fourth-order valence-electron chi connectivity index (χ4n) is 10.3. The van der Waals surface area contributed by atoms with Gasteiger partial charge in [0.25, 0.3) is 0 Å². The third-order valence-electron chi connectivity index (χ3n) is 13.1. The minimum absolute atomic E-state index is 0.493. The molecular formula is C61H42N2. The number of hydrogen-bond donors (Lipinski definition) is 0. The third kappa shape index (κ3) is 5.95. The van der Waals surface area contributed by atoms with E-state index >= 15 is 0 Å². The Morgan fingerprint density at radius 3 is 1.29 bits per heavy atom. The number of nitrogens with zero attached hydrogens (tertiary/aromatic N) is 2. The van der Waals surface area contributed by atoms with Crippen LogP contribution < -0.4 is 4.90 Å². The van der Waals surface area contributed by atoms with Crippen molar-refractivity contribution in [2.75, 3.05) is 4.90 Å². The Kier molecular flexibility index (Phi) is 8.76. The lowest BCUT2D eigenvalue weighted by Crippen LogP contribution is -2.28. The van der Waals surface area contributed by atoms with Gasteiger partial charge in [0, 0.05) is 33.5 Å². The fraction of sp³-hybridized carbons (Fsp3) is 0.0164. The van der Waals surface area contributed by atoms with Crippen LogP contribution in [0.25, 0.3) is 60.9 Å². The average molecular weight is 803 g/mol. The SMILES string of the molecule is c1ccc(N(c2ccccc2)c2ccc(-c3ccc4c(c3)-c3cc(-c5ccc6c(c5)c5ccccc5n6-c5ccccc5)ccc3C4(c3ccccc3)c3ccccc3)cc2)cc1. The van der Waals surface area contributed by atoms with Gasteiger partial charge in [-0.2, -0.15) is 0 Å². The van der Waals surface area contributed by atoms with Crippen LogP contribution in [0.5, 0.6) is 0 Å².